The van der Waals surface area contributed by atoms with Gasteiger partial charge in [-0.2, -0.15) is 0 Å². The number of fused-ring (bicyclic) bond motifs is 1. The van der Waals surface area contributed by atoms with Gasteiger partial charge in [0.1, 0.15) is 11.9 Å². The molecule has 1 aromatic carbocycles. The third kappa shape index (κ3) is 4.84. The summed E-state index contributed by atoms with van der Waals surface area (Å²) in [7, 11) is 0. The minimum absolute atomic E-state index is 0.0915. The van der Waals surface area contributed by atoms with Gasteiger partial charge >= 0.3 is 0 Å². The van der Waals surface area contributed by atoms with E-state index >= 15 is 0 Å². The predicted molar refractivity (Wildman–Crippen MR) is 96.0 cm³/mol. The number of carbonyl (C=O) groups excluding carboxylic acids is 1. The molecule has 0 radical (unpaired) electrons. The Morgan fingerprint density at radius 2 is 2.21 bits per heavy atom. The van der Waals surface area contributed by atoms with E-state index in [0.29, 0.717) is 6.54 Å². The maximum atomic E-state index is 12.3. The van der Waals surface area contributed by atoms with Gasteiger partial charge in [0, 0.05) is 25.2 Å². The SMILES string of the molecule is CC1CN(CC(=O)NCCC2=CCCCC2)Cc2ccccc2O1. The van der Waals surface area contributed by atoms with E-state index in [1.165, 1.54) is 31.3 Å². The van der Waals surface area contributed by atoms with E-state index in [2.05, 4.69) is 29.3 Å². The molecule has 0 saturated heterocycles. The molecule has 0 aromatic heterocycles. The van der Waals surface area contributed by atoms with E-state index in [0.717, 1.165) is 37.4 Å². The first-order valence-corrected chi connectivity index (χ1v) is 9.12. The Morgan fingerprint density at radius 1 is 1.33 bits per heavy atom. The van der Waals surface area contributed by atoms with Crippen LogP contribution in [0.3, 0.4) is 0 Å². The Kier molecular flexibility index (Phi) is 5.91. The lowest BCUT2D eigenvalue weighted by Crippen LogP contribution is -2.40. The molecule has 1 amide bonds. The third-order valence-corrected chi connectivity index (χ3v) is 4.73. The lowest BCUT2D eigenvalue weighted by atomic mass is 9.97. The number of nitrogens with zero attached hydrogens (tertiary/aromatic N) is 1. The molecule has 1 heterocycles. The Labute approximate surface area is 144 Å². The van der Waals surface area contributed by atoms with E-state index in [-0.39, 0.29) is 12.0 Å². The van der Waals surface area contributed by atoms with Crippen LogP contribution in [-0.2, 0) is 11.3 Å². The Bertz CT molecular complexity index is 597. The van der Waals surface area contributed by atoms with Gasteiger partial charge in [0.25, 0.3) is 0 Å². The summed E-state index contributed by atoms with van der Waals surface area (Å²) >= 11 is 0. The quantitative estimate of drug-likeness (QED) is 0.844. The molecular weight excluding hydrogens is 300 g/mol. The monoisotopic (exact) mass is 328 g/mol. The summed E-state index contributed by atoms with van der Waals surface area (Å²) in [6, 6.07) is 8.10. The summed E-state index contributed by atoms with van der Waals surface area (Å²) in [5.74, 6) is 1.05. The van der Waals surface area contributed by atoms with Crippen molar-refractivity contribution in [2.45, 2.75) is 51.7 Å². The first-order valence-electron chi connectivity index (χ1n) is 9.12. The Hall–Kier alpha value is -1.81. The van der Waals surface area contributed by atoms with Gasteiger partial charge in [0.2, 0.25) is 5.91 Å². The fourth-order valence-corrected chi connectivity index (χ4v) is 3.55. The first kappa shape index (κ1) is 17.0. The van der Waals surface area contributed by atoms with E-state index in [9.17, 15) is 4.79 Å². The second kappa shape index (κ2) is 8.34. The standard InChI is InChI=1S/C20H28N2O2/c1-16-13-22(14-18-9-5-6-10-19(18)24-16)15-20(23)21-12-11-17-7-3-2-4-8-17/h5-7,9-10,16H,2-4,8,11-15H2,1H3,(H,21,23). The van der Waals surface area contributed by atoms with Crippen molar-refractivity contribution in [1.29, 1.82) is 0 Å². The molecule has 1 N–H and O–H groups in total. The summed E-state index contributed by atoms with van der Waals surface area (Å²) in [6.45, 7) is 4.77. The predicted octanol–water partition coefficient (Wildman–Crippen LogP) is 3.28. The minimum atomic E-state index is 0.0915. The molecule has 4 heteroatoms. The molecule has 2 aliphatic rings. The van der Waals surface area contributed by atoms with Crippen molar-refractivity contribution in [2.75, 3.05) is 19.6 Å². The maximum absolute atomic E-state index is 12.3. The van der Waals surface area contributed by atoms with Crippen molar-refractivity contribution in [3.63, 3.8) is 0 Å². The molecule has 130 valence electrons. The first-order chi connectivity index (χ1) is 11.7. The number of rotatable bonds is 5. The van der Waals surface area contributed by atoms with Crippen LogP contribution in [-0.4, -0.2) is 36.5 Å². The maximum Gasteiger partial charge on any atom is 0.234 e. The molecule has 1 aliphatic heterocycles. The lowest BCUT2D eigenvalue weighted by molar-refractivity contribution is -0.122. The van der Waals surface area contributed by atoms with Gasteiger partial charge in [-0.15, -0.1) is 0 Å². The molecule has 1 aromatic rings. The van der Waals surface area contributed by atoms with Crippen molar-refractivity contribution >= 4 is 5.91 Å². The summed E-state index contributed by atoms with van der Waals surface area (Å²) in [6.07, 6.45) is 8.45. The number of benzene rings is 1. The van der Waals surface area contributed by atoms with Crippen LogP contribution in [0.15, 0.2) is 35.9 Å². The number of para-hydroxylation sites is 1. The highest BCUT2D eigenvalue weighted by Crippen LogP contribution is 2.24. The average molecular weight is 328 g/mol. The highest BCUT2D eigenvalue weighted by molar-refractivity contribution is 5.78. The minimum Gasteiger partial charge on any atom is -0.489 e. The van der Waals surface area contributed by atoms with Crippen molar-refractivity contribution in [1.82, 2.24) is 10.2 Å². The van der Waals surface area contributed by atoms with Crippen LogP contribution >= 0.6 is 0 Å². The van der Waals surface area contributed by atoms with Crippen LogP contribution in [0.4, 0.5) is 0 Å². The Balaban J connectivity index is 1.48. The molecule has 0 bridgehead atoms. The van der Waals surface area contributed by atoms with Crippen molar-refractivity contribution in [2.24, 2.45) is 0 Å². The summed E-state index contributed by atoms with van der Waals surface area (Å²) in [4.78, 5) is 14.4. The Morgan fingerprint density at radius 3 is 3.04 bits per heavy atom. The smallest absolute Gasteiger partial charge is 0.234 e. The van der Waals surface area contributed by atoms with Crippen molar-refractivity contribution in [3.05, 3.63) is 41.5 Å². The number of hydrogen-bond donors (Lipinski definition) is 1. The van der Waals surface area contributed by atoms with Crippen molar-refractivity contribution < 1.29 is 9.53 Å². The summed E-state index contributed by atoms with van der Waals surface area (Å²) in [5.41, 5.74) is 2.66. The molecule has 1 atom stereocenters. The third-order valence-electron chi connectivity index (χ3n) is 4.73. The van der Waals surface area contributed by atoms with Gasteiger partial charge in [-0.05, 0) is 45.1 Å². The molecule has 4 nitrogen and oxygen atoms in total. The van der Waals surface area contributed by atoms with Crippen LogP contribution in [0.25, 0.3) is 0 Å². The van der Waals surface area contributed by atoms with Crippen LogP contribution in [0, 0.1) is 0 Å². The van der Waals surface area contributed by atoms with Gasteiger partial charge < -0.3 is 10.1 Å². The van der Waals surface area contributed by atoms with Gasteiger partial charge in [0.05, 0.1) is 6.54 Å². The molecule has 0 saturated carbocycles. The topological polar surface area (TPSA) is 41.6 Å². The molecule has 3 rings (SSSR count). The normalized spacial score (nSPS) is 21.2. The number of amides is 1. The second-order valence-electron chi connectivity index (χ2n) is 6.91. The molecular formula is C20H28N2O2. The van der Waals surface area contributed by atoms with Gasteiger partial charge in [-0.1, -0.05) is 29.8 Å². The number of nitrogens with one attached hydrogen (secondary N) is 1. The zero-order valence-corrected chi connectivity index (χ0v) is 14.6. The number of carbonyl (C=O) groups is 1. The highest BCUT2D eigenvalue weighted by atomic mass is 16.5. The summed E-state index contributed by atoms with van der Waals surface area (Å²) in [5, 5.41) is 3.07. The van der Waals surface area contributed by atoms with Crippen LogP contribution in [0.5, 0.6) is 5.75 Å². The fourth-order valence-electron chi connectivity index (χ4n) is 3.55. The summed E-state index contributed by atoms with van der Waals surface area (Å²) < 4.78 is 5.95. The number of ether oxygens (including phenoxy) is 1. The van der Waals surface area contributed by atoms with E-state index in [1.54, 1.807) is 0 Å². The van der Waals surface area contributed by atoms with Crippen LogP contribution in [0.2, 0.25) is 0 Å². The lowest BCUT2D eigenvalue weighted by Gasteiger charge is -2.21. The second-order valence-corrected chi connectivity index (χ2v) is 6.91. The molecule has 0 spiro atoms. The van der Waals surface area contributed by atoms with Crippen LogP contribution < -0.4 is 10.1 Å². The van der Waals surface area contributed by atoms with E-state index in [4.69, 9.17) is 4.74 Å². The molecule has 24 heavy (non-hydrogen) atoms. The van der Waals surface area contributed by atoms with Gasteiger partial charge in [-0.3, -0.25) is 9.69 Å². The zero-order valence-electron chi connectivity index (χ0n) is 14.6. The highest BCUT2D eigenvalue weighted by Gasteiger charge is 2.21. The fraction of sp³-hybridized carbons (Fsp3) is 0.550. The van der Waals surface area contributed by atoms with Crippen LogP contribution in [0.1, 0.15) is 44.6 Å². The largest absolute Gasteiger partial charge is 0.489 e. The van der Waals surface area contributed by atoms with E-state index in [1.807, 2.05) is 18.2 Å². The average Bonchev–Trinajstić information content (AvgIpc) is 2.73. The molecule has 0 fully saturated rings. The molecule has 1 aliphatic carbocycles. The number of hydrogen-bond acceptors (Lipinski definition) is 3. The van der Waals surface area contributed by atoms with Gasteiger partial charge in [-0.25, -0.2) is 0 Å². The van der Waals surface area contributed by atoms with E-state index < -0.39 is 0 Å². The van der Waals surface area contributed by atoms with Gasteiger partial charge in [0.15, 0.2) is 0 Å². The zero-order chi connectivity index (χ0) is 16.8. The van der Waals surface area contributed by atoms with Crippen molar-refractivity contribution in [3.8, 4) is 5.75 Å². The number of allylic oxidation sites excluding steroid dienone is 1. The molecule has 1 unspecified atom stereocenters.